The molecule has 1 N–H and O–H groups in total. The van der Waals surface area contributed by atoms with Crippen LogP contribution >= 0.6 is 0 Å². The molecule has 0 atom stereocenters. The van der Waals surface area contributed by atoms with Gasteiger partial charge in [-0.15, -0.1) is 0 Å². The van der Waals surface area contributed by atoms with Crippen LogP contribution in [0.3, 0.4) is 0 Å². The molecule has 20 heavy (non-hydrogen) atoms. The molecule has 0 aliphatic heterocycles. The van der Waals surface area contributed by atoms with Crippen molar-refractivity contribution in [3.63, 3.8) is 0 Å². The first-order chi connectivity index (χ1) is 9.54. The average Bonchev–Trinajstić information content (AvgIpc) is 3.07. The van der Waals surface area contributed by atoms with Crippen molar-refractivity contribution in [2.24, 2.45) is 0 Å². The van der Waals surface area contributed by atoms with Crippen molar-refractivity contribution in [3.8, 4) is 0 Å². The van der Waals surface area contributed by atoms with Gasteiger partial charge in [0.15, 0.2) is 0 Å². The fourth-order valence-corrected chi connectivity index (χ4v) is 2.81. The molecule has 0 saturated carbocycles. The Hall–Kier alpha value is -1.64. The third kappa shape index (κ3) is 3.27. The van der Waals surface area contributed by atoms with Crippen molar-refractivity contribution < 1.29 is 17.9 Å². The van der Waals surface area contributed by atoms with Gasteiger partial charge in [-0.2, -0.15) is 9.40 Å². The van der Waals surface area contributed by atoms with E-state index in [0.29, 0.717) is 18.7 Å². The van der Waals surface area contributed by atoms with Crippen LogP contribution in [0.4, 0.5) is 0 Å². The Bertz CT molecular complexity index is 633. The van der Waals surface area contributed by atoms with Crippen LogP contribution in [-0.2, 0) is 23.1 Å². The second kappa shape index (κ2) is 6.21. The molecule has 110 valence electrons. The second-order valence-corrected chi connectivity index (χ2v) is 6.40. The van der Waals surface area contributed by atoms with Crippen LogP contribution in [0.1, 0.15) is 12.2 Å². The second-order valence-electron chi connectivity index (χ2n) is 4.36. The molecule has 0 fully saturated rings. The fraction of sp³-hybridized carbons (Fsp3) is 0.417. The monoisotopic (exact) mass is 299 g/mol. The van der Waals surface area contributed by atoms with Gasteiger partial charge in [0.25, 0.3) is 0 Å². The van der Waals surface area contributed by atoms with Crippen LogP contribution in [0.25, 0.3) is 0 Å². The average molecular weight is 299 g/mol. The van der Waals surface area contributed by atoms with Crippen molar-refractivity contribution in [3.05, 3.63) is 36.5 Å². The van der Waals surface area contributed by atoms with Crippen molar-refractivity contribution >= 4 is 10.0 Å². The molecule has 8 heteroatoms. The minimum atomic E-state index is -3.59. The van der Waals surface area contributed by atoms with Gasteiger partial charge in [-0.3, -0.25) is 4.68 Å². The Morgan fingerprint density at radius 3 is 2.95 bits per heavy atom. The van der Waals surface area contributed by atoms with Gasteiger partial charge in [0.2, 0.25) is 10.0 Å². The molecule has 0 bridgehead atoms. The highest BCUT2D eigenvalue weighted by Gasteiger charge is 2.23. The molecule has 0 unspecified atom stereocenters. The van der Waals surface area contributed by atoms with E-state index in [2.05, 4.69) is 5.10 Å². The largest absolute Gasteiger partial charge is 0.468 e. The fourth-order valence-electron chi connectivity index (χ4n) is 1.72. The lowest BCUT2D eigenvalue weighted by Crippen LogP contribution is -2.26. The molecular formula is C12H17N3O4S. The van der Waals surface area contributed by atoms with Gasteiger partial charge in [-0.05, 0) is 18.6 Å². The maximum atomic E-state index is 12.3. The predicted molar refractivity (Wildman–Crippen MR) is 71.3 cm³/mol. The quantitative estimate of drug-likeness (QED) is 0.812. The summed E-state index contributed by atoms with van der Waals surface area (Å²) in [6.45, 7) is 0.686. The summed E-state index contributed by atoms with van der Waals surface area (Å²) in [5.41, 5.74) is 0. The van der Waals surface area contributed by atoms with Gasteiger partial charge in [0.05, 0.1) is 19.0 Å². The Labute approximate surface area is 117 Å². The number of rotatable bonds is 7. The molecule has 0 saturated heterocycles. The minimum absolute atomic E-state index is 0.0420. The van der Waals surface area contributed by atoms with Crippen LogP contribution in [0.15, 0.2) is 40.1 Å². The number of furan rings is 1. The Morgan fingerprint density at radius 2 is 2.30 bits per heavy atom. The lowest BCUT2D eigenvalue weighted by molar-refractivity contribution is 0.277. The van der Waals surface area contributed by atoms with E-state index < -0.39 is 10.0 Å². The maximum Gasteiger partial charge on any atom is 0.246 e. The van der Waals surface area contributed by atoms with Gasteiger partial charge in [0.1, 0.15) is 10.7 Å². The molecule has 2 rings (SSSR count). The normalized spacial score (nSPS) is 12.2. The number of aliphatic hydroxyl groups is 1. The maximum absolute atomic E-state index is 12.3. The van der Waals surface area contributed by atoms with Crippen LogP contribution in [0.2, 0.25) is 0 Å². The van der Waals surface area contributed by atoms with Crippen LogP contribution in [-0.4, -0.2) is 41.3 Å². The Kier molecular flexibility index (Phi) is 4.58. The van der Waals surface area contributed by atoms with E-state index in [0.717, 1.165) is 0 Å². The van der Waals surface area contributed by atoms with Gasteiger partial charge in [-0.25, -0.2) is 8.42 Å². The number of aryl methyl sites for hydroxylation is 1. The third-order valence-corrected chi connectivity index (χ3v) is 4.58. The molecule has 7 nitrogen and oxygen atoms in total. The molecule has 0 radical (unpaired) electrons. The number of sulfonamides is 1. The smallest absolute Gasteiger partial charge is 0.246 e. The van der Waals surface area contributed by atoms with Crippen molar-refractivity contribution in [1.29, 1.82) is 0 Å². The van der Waals surface area contributed by atoms with Gasteiger partial charge < -0.3 is 9.52 Å². The predicted octanol–water partition coefficient (Wildman–Crippen LogP) is 0.679. The first-order valence-corrected chi connectivity index (χ1v) is 7.60. The van der Waals surface area contributed by atoms with Crippen molar-refractivity contribution in [2.75, 3.05) is 13.7 Å². The highest BCUT2D eigenvalue weighted by atomic mass is 32.2. The Morgan fingerprint density at radius 1 is 1.50 bits per heavy atom. The highest BCUT2D eigenvalue weighted by Crippen LogP contribution is 2.16. The first kappa shape index (κ1) is 14.8. The zero-order valence-electron chi connectivity index (χ0n) is 11.1. The summed E-state index contributed by atoms with van der Waals surface area (Å²) >= 11 is 0. The molecule has 0 aliphatic rings. The van der Waals surface area contributed by atoms with Crippen molar-refractivity contribution in [2.45, 2.75) is 24.4 Å². The third-order valence-electron chi connectivity index (χ3n) is 2.82. The number of nitrogens with zero attached hydrogens (tertiary/aromatic N) is 3. The summed E-state index contributed by atoms with van der Waals surface area (Å²) in [6.07, 6.45) is 4.81. The topological polar surface area (TPSA) is 88.6 Å². The summed E-state index contributed by atoms with van der Waals surface area (Å²) in [6, 6.07) is 3.43. The van der Waals surface area contributed by atoms with E-state index in [1.54, 1.807) is 12.1 Å². The number of hydrogen-bond donors (Lipinski definition) is 1. The summed E-state index contributed by atoms with van der Waals surface area (Å²) < 4.78 is 32.5. The van der Waals surface area contributed by atoms with Gasteiger partial charge in [-0.1, -0.05) is 0 Å². The zero-order chi connectivity index (χ0) is 14.6. The van der Waals surface area contributed by atoms with E-state index in [4.69, 9.17) is 9.52 Å². The summed E-state index contributed by atoms with van der Waals surface area (Å²) in [4.78, 5) is 0.129. The molecule has 2 aromatic heterocycles. The Balaban J connectivity index is 2.10. The molecule has 2 aromatic rings. The van der Waals surface area contributed by atoms with Gasteiger partial charge in [0, 0.05) is 26.4 Å². The lowest BCUT2D eigenvalue weighted by Gasteiger charge is -2.14. The number of aromatic nitrogens is 2. The lowest BCUT2D eigenvalue weighted by atomic mass is 10.4. The van der Waals surface area contributed by atoms with Crippen molar-refractivity contribution in [1.82, 2.24) is 14.1 Å². The zero-order valence-corrected chi connectivity index (χ0v) is 12.0. The molecule has 0 aromatic carbocycles. The van der Waals surface area contributed by atoms with Crippen LogP contribution in [0, 0.1) is 0 Å². The molecular weight excluding hydrogens is 282 g/mol. The summed E-state index contributed by atoms with van der Waals surface area (Å²) in [5, 5.41) is 12.7. The minimum Gasteiger partial charge on any atom is -0.468 e. The molecule has 0 spiro atoms. The summed E-state index contributed by atoms with van der Waals surface area (Å²) in [5.74, 6) is 0.573. The van der Waals surface area contributed by atoms with Crippen LogP contribution in [0.5, 0.6) is 0 Å². The van der Waals surface area contributed by atoms with E-state index in [1.807, 2.05) is 0 Å². The van der Waals surface area contributed by atoms with Gasteiger partial charge >= 0.3 is 0 Å². The standard InChI is InChI=1S/C12H17N3O4S/c1-14(9-11-4-2-7-19-11)20(17,18)12-8-13-15(10-12)5-3-6-16/h2,4,7-8,10,16H,3,5-6,9H2,1H3. The van der Waals surface area contributed by atoms with E-state index in [9.17, 15) is 8.42 Å². The molecule has 0 amide bonds. The number of hydrogen-bond acceptors (Lipinski definition) is 5. The van der Waals surface area contributed by atoms with E-state index >= 15 is 0 Å². The first-order valence-electron chi connectivity index (χ1n) is 6.16. The number of aliphatic hydroxyl groups excluding tert-OH is 1. The molecule has 0 aliphatic carbocycles. The van der Waals surface area contributed by atoms with Crippen LogP contribution < -0.4 is 0 Å². The van der Waals surface area contributed by atoms with E-state index in [-0.39, 0.29) is 18.0 Å². The summed E-state index contributed by atoms with van der Waals surface area (Å²) in [7, 11) is -2.10. The van der Waals surface area contributed by atoms with E-state index in [1.165, 1.54) is 34.7 Å². The highest BCUT2D eigenvalue weighted by molar-refractivity contribution is 7.89. The SMILES string of the molecule is CN(Cc1ccco1)S(=O)(=O)c1cnn(CCCO)c1. The molecule has 2 heterocycles.